The molecule has 3 atom stereocenters. The second-order valence-corrected chi connectivity index (χ2v) is 7.17. The van der Waals surface area contributed by atoms with E-state index in [2.05, 4.69) is 43.6 Å². The summed E-state index contributed by atoms with van der Waals surface area (Å²) < 4.78 is 6.57. The third-order valence-corrected chi connectivity index (χ3v) is 4.61. The van der Waals surface area contributed by atoms with Crippen LogP contribution in [0.2, 0.25) is 0 Å². The van der Waals surface area contributed by atoms with Crippen molar-refractivity contribution < 1.29 is 9.53 Å². The minimum absolute atomic E-state index is 0.0962. The fraction of sp³-hybridized carbons (Fsp3) is 0.588. The van der Waals surface area contributed by atoms with E-state index in [1.165, 1.54) is 0 Å². The Morgan fingerprint density at radius 3 is 2.19 bits per heavy atom. The zero-order chi connectivity index (χ0) is 15.6. The Morgan fingerprint density at radius 1 is 1.19 bits per heavy atom. The minimum Gasteiger partial charge on any atom is -0.377 e. The van der Waals surface area contributed by atoms with Crippen LogP contribution in [0.15, 0.2) is 28.7 Å². The molecule has 1 amide bonds. The summed E-state index contributed by atoms with van der Waals surface area (Å²) in [6, 6.07) is 8.37. The van der Waals surface area contributed by atoms with Crippen LogP contribution in [-0.4, -0.2) is 36.1 Å². The number of rotatable bonds is 3. The summed E-state index contributed by atoms with van der Waals surface area (Å²) in [5.74, 6) is 0.387. The molecular formula is C17H24BrNO2. The minimum atomic E-state index is -0.0962. The SMILES string of the molecule is CC(C)C(C(=O)N1C(C)COCC1C)c1ccc(Br)cc1. The van der Waals surface area contributed by atoms with E-state index in [0.29, 0.717) is 13.2 Å². The van der Waals surface area contributed by atoms with Gasteiger partial charge >= 0.3 is 0 Å². The number of hydrogen-bond donors (Lipinski definition) is 0. The molecule has 4 heteroatoms. The van der Waals surface area contributed by atoms with Gasteiger partial charge in [-0.3, -0.25) is 4.79 Å². The Hall–Kier alpha value is -0.870. The molecular weight excluding hydrogens is 330 g/mol. The molecule has 0 N–H and O–H groups in total. The lowest BCUT2D eigenvalue weighted by atomic mass is 9.86. The molecule has 0 spiro atoms. The highest BCUT2D eigenvalue weighted by Gasteiger charge is 2.35. The zero-order valence-electron chi connectivity index (χ0n) is 13.2. The molecule has 3 unspecified atom stereocenters. The summed E-state index contributed by atoms with van der Waals surface area (Å²) in [5, 5.41) is 0. The van der Waals surface area contributed by atoms with Crippen molar-refractivity contribution in [2.75, 3.05) is 13.2 Å². The molecule has 0 aromatic heterocycles. The average Bonchev–Trinajstić information content (AvgIpc) is 2.40. The molecule has 1 heterocycles. The third-order valence-electron chi connectivity index (χ3n) is 4.08. The highest BCUT2D eigenvalue weighted by molar-refractivity contribution is 9.10. The first kappa shape index (κ1) is 16.5. The lowest BCUT2D eigenvalue weighted by Gasteiger charge is -2.41. The highest BCUT2D eigenvalue weighted by atomic mass is 79.9. The molecule has 1 fully saturated rings. The van der Waals surface area contributed by atoms with Crippen molar-refractivity contribution in [3.8, 4) is 0 Å². The fourth-order valence-corrected chi connectivity index (χ4v) is 3.35. The zero-order valence-corrected chi connectivity index (χ0v) is 14.8. The van der Waals surface area contributed by atoms with Crippen molar-refractivity contribution in [2.45, 2.75) is 45.7 Å². The maximum atomic E-state index is 13.1. The van der Waals surface area contributed by atoms with Crippen LogP contribution in [0.25, 0.3) is 0 Å². The van der Waals surface area contributed by atoms with E-state index in [9.17, 15) is 4.79 Å². The molecule has 3 nitrogen and oxygen atoms in total. The van der Waals surface area contributed by atoms with Gasteiger partial charge in [-0.1, -0.05) is 41.9 Å². The molecule has 21 heavy (non-hydrogen) atoms. The standard InChI is InChI=1S/C17H24BrNO2/c1-11(2)16(14-5-7-15(18)8-6-14)17(20)19-12(3)9-21-10-13(19)4/h5-8,11-13,16H,9-10H2,1-4H3. The number of benzene rings is 1. The summed E-state index contributed by atoms with van der Waals surface area (Å²) in [7, 11) is 0. The van der Waals surface area contributed by atoms with Crippen LogP contribution in [0.1, 0.15) is 39.2 Å². The molecule has 0 radical (unpaired) electrons. The van der Waals surface area contributed by atoms with E-state index in [4.69, 9.17) is 4.74 Å². The van der Waals surface area contributed by atoms with Crippen LogP contribution in [0.3, 0.4) is 0 Å². The van der Waals surface area contributed by atoms with Gasteiger partial charge in [0, 0.05) is 4.47 Å². The van der Waals surface area contributed by atoms with Crippen LogP contribution in [-0.2, 0) is 9.53 Å². The average molecular weight is 354 g/mol. The predicted molar refractivity (Wildman–Crippen MR) is 88.3 cm³/mol. The largest absolute Gasteiger partial charge is 0.377 e. The second kappa shape index (κ2) is 6.93. The first-order chi connectivity index (χ1) is 9.91. The maximum Gasteiger partial charge on any atom is 0.231 e. The number of amides is 1. The van der Waals surface area contributed by atoms with Gasteiger partial charge in [-0.2, -0.15) is 0 Å². The summed E-state index contributed by atoms with van der Waals surface area (Å²) in [5.41, 5.74) is 1.09. The summed E-state index contributed by atoms with van der Waals surface area (Å²) in [6.45, 7) is 9.60. The van der Waals surface area contributed by atoms with Crippen molar-refractivity contribution in [3.05, 3.63) is 34.3 Å². The molecule has 1 aliphatic rings. The van der Waals surface area contributed by atoms with Gasteiger partial charge < -0.3 is 9.64 Å². The Morgan fingerprint density at radius 2 is 1.71 bits per heavy atom. The van der Waals surface area contributed by atoms with Crippen LogP contribution in [0, 0.1) is 5.92 Å². The lowest BCUT2D eigenvalue weighted by molar-refractivity contribution is -0.146. The molecule has 1 aromatic carbocycles. The number of nitrogens with zero attached hydrogens (tertiary/aromatic N) is 1. The van der Waals surface area contributed by atoms with Gasteiger partial charge in [-0.25, -0.2) is 0 Å². The highest BCUT2D eigenvalue weighted by Crippen LogP contribution is 2.30. The monoisotopic (exact) mass is 353 g/mol. The van der Waals surface area contributed by atoms with E-state index in [1.807, 2.05) is 29.2 Å². The van der Waals surface area contributed by atoms with Gasteiger partial charge in [-0.05, 0) is 37.5 Å². The van der Waals surface area contributed by atoms with E-state index >= 15 is 0 Å². The van der Waals surface area contributed by atoms with E-state index in [0.717, 1.165) is 10.0 Å². The van der Waals surface area contributed by atoms with Crippen molar-refractivity contribution in [3.63, 3.8) is 0 Å². The van der Waals surface area contributed by atoms with Crippen LogP contribution >= 0.6 is 15.9 Å². The summed E-state index contributed by atoms with van der Waals surface area (Å²) >= 11 is 3.45. The first-order valence-electron chi connectivity index (χ1n) is 7.57. The number of halogens is 1. The van der Waals surface area contributed by atoms with Gasteiger partial charge in [0.1, 0.15) is 0 Å². The number of morpholine rings is 1. The topological polar surface area (TPSA) is 29.5 Å². The second-order valence-electron chi connectivity index (χ2n) is 6.25. The van der Waals surface area contributed by atoms with Crippen LogP contribution < -0.4 is 0 Å². The molecule has 1 saturated heterocycles. The Bertz CT molecular complexity index is 476. The molecule has 1 aliphatic heterocycles. The number of ether oxygens (including phenoxy) is 1. The number of carbonyl (C=O) groups is 1. The summed E-state index contributed by atoms with van der Waals surface area (Å²) in [4.78, 5) is 15.1. The summed E-state index contributed by atoms with van der Waals surface area (Å²) in [6.07, 6.45) is 0. The Labute approximate surface area is 135 Å². The molecule has 1 aromatic rings. The van der Waals surface area contributed by atoms with Crippen molar-refractivity contribution in [1.29, 1.82) is 0 Å². The van der Waals surface area contributed by atoms with E-state index in [-0.39, 0.29) is 29.8 Å². The van der Waals surface area contributed by atoms with Gasteiger partial charge in [0.2, 0.25) is 5.91 Å². The predicted octanol–water partition coefficient (Wildman–Crippen LogP) is 3.82. The number of hydrogen-bond acceptors (Lipinski definition) is 2. The van der Waals surface area contributed by atoms with E-state index in [1.54, 1.807) is 0 Å². The molecule has 116 valence electrons. The van der Waals surface area contributed by atoms with Crippen molar-refractivity contribution in [1.82, 2.24) is 4.90 Å². The maximum absolute atomic E-state index is 13.1. The van der Waals surface area contributed by atoms with Crippen molar-refractivity contribution in [2.24, 2.45) is 5.92 Å². The third kappa shape index (κ3) is 3.67. The fourth-order valence-electron chi connectivity index (χ4n) is 3.08. The molecule has 2 rings (SSSR count). The van der Waals surface area contributed by atoms with Crippen LogP contribution in [0.5, 0.6) is 0 Å². The van der Waals surface area contributed by atoms with Crippen LogP contribution in [0.4, 0.5) is 0 Å². The van der Waals surface area contributed by atoms with Gasteiger partial charge in [-0.15, -0.1) is 0 Å². The van der Waals surface area contributed by atoms with Gasteiger partial charge in [0.25, 0.3) is 0 Å². The molecule has 0 saturated carbocycles. The lowest BCUT2D eigenvalue weighted by Crippen LogP contribution is -2.54. The van der Waals surface area contributed by atoms with E-state index < -0.39 is 0 Å². The normalized spacial score (nSPS) is 24.2. The molecule has 0 aliphatic carbocycles. The van der Waals surface area contributed by atoms with Crippen molar-refractivity contribution >= 4 is 21.8 Å². The smallest absolute Gasteiger partial charge is 0.231 e. The number of carbonyl (C=O) groups excluding carboxylic acids is 1. The van der Waals surface area contributed by atoms with Gasteiger partial charge in [0.15, 0.2) is 0 Å². The Kier molecular flexibility index (Phi) is 5.44. The quantitative estimate of drug-likeness (QED) is 0.826. The first-order valence-corrected chi connectivity index (χ1v) is 8.36. The Balaban J connectivity index is 2.29. The van der Waals surface area contributed by atoms with Gasteiger partial charge in [0.05, 0.1) is 31.2 Å². The molecule has 0 bridgehead atoms.